The lowest BCUT2D eigenvalue weighted by Gasteiger charge is -2.14. The van der Waals surface area contributed by atoms with Crippen molar-refractivity contribution in [2.45, 2.75) is 10.3 Å². The first-order chi connectivity index (χ1) is 9.00. The molecule has 0 aliphatic rings. The summed E-state index contributed by atoms with van der Waals surface area (Å²) in [5.41, 5.74) is 0.384. The summed E-state index contributed by atoms with van der Waals surface area (Å²) in [4.78, 5) is 11.2. The molecular weight excluding hydrogens is 286 g/mol. The van der Waals surface area contributed by atoms with E-state index in [9.17, 15) is 13.2 Å². The maximum atomic E-state index is 12.0. The average molecular weight is 297 g/mol. The highest BCUT2D eigenvalue weighted by molar-refractivity contribution is 7.91. The Morgan fingerprint density at radius 3 is 2.37 bits per heavy atom. The minimum absolute atomic E-state index is 0.0923. The smallest absolute Gasteiger partial charge is 0.326 e. The number of hydrogen-bond acceptors (Lipinski definition) is 4. The Morgan fingerprint density at radius 2 is 1.84 bits per heavy atom. The quantitative estimate of drug-likeness (QED) is 0.882. The van der Waals surface area contributed by atoms with Crippen LogP contribution in [0.15, 0.2) is 52.1 Å². The van der Waals surface area contributed by atoms with Gasteiger partial charge in [-0.05, 0) is 17.0 Å². The summed E-state index contributed by atoms with van der Waals surface area (Å²) in [6.45, 7) is 0. The number of carboxylic acid groups (broad SMARTS) is 1. The van der Waals surface area contributed by atoms with E-state index in [1.165, 1.54) is 6.07 Å². The second-order valence-electron chi connectivity index (χ2n) is 3.74. The maximum Gasteiger partial charge on any atom is 0.326 e. The van der Waals surface area contributed by atoms with Gasteiger partial charge in [-0.2, -0.15) is 4.72 Å². The van der Waals surface area contributed by atoms with Gasteiger partial charge in [-0.3, -0.25) is 4.79 Å². The summed E-state index contributed by atoms with van der Waals surface area (Å²) in [5, 5.41) is 10.8. The summed E-state index contributed by atoms with van der Waals surface area (Å²) in [5.74, 6) is -1.24. The highest BCUT2D eigenvalue weighted by Gasteiger charge is 2.27. The number of rotatable bonds is 5. The van der Waals surface area contributed by atoms with Crippen LogP contribution < -0.4 is 4.72 Å². The predicted octanol–water partition coefficient (Wildman–Crippen LogP) is 1.85. The lowest BCUT2D eigenvalue weighted by Crippen LogP contribution is -2.33. The number of hydrogen-bond donors (Lipinski definition) is 2. The number of aliphatic carboxylic acids is 1. The Balaban J connectivity index is 2.31. The minimum Gasteiger partial charge on any atom is -0.480 e. The average Bonchev–Trinajstić information content (AvgIpc) is 2.91. The molecule has 0 bridgehead atoms. The van der Waals surface area contributed by atoms with Gasteiger partial charge in [-0.25, -0.2) is 8.42 Å². The van der Waals surface area contributed by atoms with E-state index in [1.807, 2.05) is 0 Å². The number of benzene rings is 1. The minimum atomic E-state index is -3.82. The molecule has 1 aromatic carbocycles. The van der Waals surface area contributed by atoms with Gasteiger partial charge in [0.2, 0.25) is 0 Å². The van der Waals surface area contributed by atoms with Crippen LogP contribution in [0.25, 0.3) is 0 Å². The predicted molar refractivity (Wildman–Crippen MR) is 71.5 cm³/mol. The Kier molecular flexibility index (Phi) is 3.98. The van der Waals surface area contributed by atoms with Crippen LogP contribution in [-0.4, -0.2) is 19.5 Å². The monoisotopic (exact) mass is 297 g/mol. The van der Waals surface area contributed by atoms with E-state index in [0.717, 1.165) is 11.3 Å². The van der Waals surface area contributed by atoms with Crippen molar-refractivity contribution in [1.82, 2.24) is 4.72 Å². The fourth-order valence-corrected chi connectivity index (χ4v) is 3.72. The molecule has 5 nitrogen and oxygen atoms in total. The van der Waals surface area contributed by atoms with Gasteiger partial charge >= 0.3 is 5.97 Å². The van der Waals surface area contributed by atoms with Crippen molar-refractivity contribution < 1.29 is 18.3 Å². The SMILES string of the molecule is O=C(O)[C@@H](NS(=O)(=O)c1cccs1)c1ccccc1. The van der Waals surface area contributed by atoms with E-state index in [1.54, 1.807) is 41.8 Å². The van der Waals surface area contributed by atoms with E-state index < -0.39 is 22.0 Å². The number of carbonyl (C=O) groups is 1. The second-order valence-corrected chi connectivity index (χ2v) is 6.62. The standard InChI is InChI=1S/C12H11NO4S2/c14-12(15)11(9-5-2-1-3-6-9)13-19(16,17)10-7-4-8-18-10/h1-8,11,13H,(H,14,15)/t11-/m0/s1. The first kappa shape index (κ1) is 13.7. The zero-order chi connectivity index (χ0) is 13.9. The third-order valence-corrected chi connectivity index (χ3v) is 5.23. The molecule has 0 saturated heterocycles. The van der Waals surface area contributed by atoms with Crippen LogP contribution in [0.2, 0.25) is 0 Å². The van der Waals surface area contributed by atoms with Gasteiger partial charge in [-0.15, -0.1) is 11.3 Å². The normalized spacial score (nSPS) is 13.1. The highest BCUT2D eigenvalue weighted by atomic mass is 32.2. The van der Waals surface area contributed by atoms with E-state index in [-0.39, 0.29) is 4.21 Å². The van der Waals surface area contributed by atoms with Gasteiger partial charge in [0.1, 0.15) is 10.3 Å². The van der Waals surface area contributed by atoms with Crippen molar-refractivity contribution in [3.63, 3.8) is 0 Å². The third-order valence-electron chi connectivity index (χ3n) is 2.41. The number of thiophene rings is 1. The Morgan fingerprint density at radius 1 is 1.16 bits per heavy atom. The van der Waals surface area contributed by atoms with Gasteiger partial charge in [0.05, 0.1) is 0 Å². The van der Waals surface area contributed by atoms with Crippen LogP contribution in [-0.2, 0) is 14.8 Å². The van der Waals surface area contributed by atoms with Crippen LogP contribution in [0, 0.1) is 0 Å². The molecule has 0 amide bonds. The van der Waals surface area contributed by atoms with Crippen LogP contribution >= 0.6 is 11.3 Å². The Bertz CT molecular complexity index is 650. The lowest BCUT2D eigenvalue weighted by atomic mass is 10.1. The van der Waals surface area contributed by atoms with Gasteiger partial charge in [-0.1, -0.05) is 36.4 Å². The zero-order valence-corrected chi connectivity index (χ0v) is 11.3. The van der Waals surface area contributed by atoms with Crippen molar-refractivity contribution in [1.29, 1.82) is 0 Å². The molecule has 0 fully saturated rings. The van der Waals surface area contributed by atoms with E-state index in [4.69, 9.17) is 5.11 Å². The molecule has 0 saturated carbocycles. The molecule has 1 heterocycles. The van der Waals surface area contributed by atoms with E-state index in [0.29, 0.717) is 5.56 Å². The summed E-state index contributed by atoms with van der Waals surface area (Å²) in [7, 11) is -3.82. The fraction of sp³-hybridized carbons (Fsp3) is 0.0833. The summed E-state index contributed by atoms with van der Waals surface area (Å²) < 4.78 is 26.3. The second kappa shape index (κ2) is 5.52. The molecule has 2 N–H and O–H groups in total. The first-order valence-electron chi connectivity index (χ1n) is 5.34. The zero-order valence-electron chi connectivity index (χ0n) is 9.68. The molecule has 2 aromatic rings. The van der Waals surface area contributed by atoms with Crippen molar-refractivity contribution in [2.24, 2.45) is 0 Å². The van der Waals surface area contributed by atoms with Gasteiger partial charge < -0.3 is 5.11 Å². The van der Waals surface area contributed by atoms with Gasteiger partial charge in [0, 0.05) is 0 Å². The summed E-state index contributed by atoms with van der Waals surface area (Å²) >= 11 is 1.04. The van der Waals surface area contributed by atoms with E-state index >= 15 is 0 Å². The largest absolute Gasteiger partial charge is 0.480 e. The third kappa shape index (κ3) is 3.19. The maximum absolute atomic E-state index is 12.0. The Hall–Kier alpha value is -1.70. The molecule has 7 heteroatoms. The molecule has 19 heavy (non-hydrogen) atoms. The molecule has 2 rings (SSSR count). The molecule has 0 unspecified atom stereocenters. The first-order valence-corrected chi connectivity index (χ1v) is 7.70. The van der Waals surface area contributed by atoms with Gasteiger partial charge in [0.15, 0.2) is 0 Å². The lowest BCUT2D eigenvalue weighted by molar-refractivity contribution is -0.139. The van der Waals surface area contributed by atoms with Crippen molar-refractivity contribution in [2.75, 3.05) is 0 Å². The fourth-order valence-electron chi connectivity index (χ4n) is 1.54. The van der Waals surface area contributed by atoms with E-state index in [2.05, 4.69) is 4.72 Å². The van der Waals surface area contributed by atoms with Crippen LogP contribution in [0.1, 0.15) is 11.6 Å². The molecule has 1 aromatic heterocycles. The molecular formula is C12H11NO4S2. The molecule has 100 valence electrons. The number of sulfonamides is 1. The van der Waals surface area contributed by atoms with Crippen molar-refractivity contribution in [3.05, 3.63) is 53.4 Å². The molecule has 0 aliphatic heterocycles. The molecule has 0 spiro atoms. The van der Waals surface area contributed by atoms with Crippen LogP contribution in [0.5, 0.6) is 0 Å². The molecule has 0 aliphatic carbocycles. The Labute approximate surface area is 114 Å². The van der Waals surface area contributed by atoms with Crippen molar-refractivity contribution >= 4 is 27.3 Å². The summed E-state index contributed by atoms with van der Waals surface area (Å²) in [6.07, 6.45) is 0. The van der Waals surface area contributed by atoms with Gasteiger partial charge in [0.25, 0.3) is 10.0 Å². The molecule has 0 radical (unpaired) electrons. The topological polar surface area (TPSA) is 83.5 Å². The highest BCUT2D eigenvalue weighted by Crippen LogP contribution is 2.20. The van der Waals surface area contributed by atoms with Crippen molar-refractivity contribution in [3.8, 4) is 0 Å². The number of nitrogens with one attached hydrogen (secondary N) is 1. The van der Waals surface area contributed by atoms with Crippen LogP contribution in [0.4, 0.5) is 0 Å². The number of carboxylic acids is 1. The van der Waals surface area contributed by atoms with Crippen LogP contribution in [0.3, 0.4) is 0 Å². The summed E-state index contributed by atoms with van der Waals surface area (Å²) in [6, 6.07) is 9.90. The molecule has 1 atom stereocenters.